The first-order valence-corrected chi connectivity index (χ1v) is 17.6. The fourth-order valence-corrected chi connectivity index (χ4v) is 10.9. The third-order valence-corrected chi connectivity index (χ3v) is 13.2. The van der Waals surface area contributed by atoms with Gasteiger partial charge in [0.25, 0.3) is 5.91 Å². The molecule has 7 nitrogen and oxygen atoms in total. The van der Waals surface area contributed by atoms with Crippen LogP contribution in [0.5, 0.6) is 0 Å². The molecule has 1 saturated carbocycles. The number of amides is 1. The number of nitrogens with one attached hydrogen (secondary N) is 1. The number of rotatable bonds is 8. The summed E-state index contributed by atoms with van der Waals surface area (Å²) in [7, 11) is -3.12. The smallest absolute Gasteiger partial charge is 0.330 e. The minimum atomic E-state index is -3.12. The van der Waals surface area contributed by atoms with Crippen molar-refractivity contribution in [3.8, 4) is 0 Å². The van der Waals surface area contributed by atoms with E-state index >= 15 is 0 Å². The molecule has 224 valence electrons. The third kappa shape index (κ3) is 3.56. The van der Waals surface area contributed by atoms with Gasteiger partial charge in [-0.2, -0.15) is 0 Å². The van der Waals surface area contributed by atoms with Crippen LogP contribution in [-0.2, 0) is 32.1 Å². The first-order chi connectivity index (χ1) is 20.8. The Hall–Kier alpha value is -3.12. The summed E-state index contributed by atoms with van der Waals surface area (Å²) in [5.41, 5.74) is 8.01. The molecule has 3 atom stereocenters. The Morgan fingerprint density at radius 3 is 2.63 bits per heavy atom. The summed E-state index contributed by atoms with van der Waals surface area (Å²) < 4.78 is 30.1. The summed E-state index contributed by atoms with van der Waals surface area (Å²) >= 11 is 0. The van der Waals surface area contributed by atoms with Crippen LogP contribution >= 0.6 is 7.60 Å². The Balaban J connectivity index is 1.40. The van der Waals surface area contributed by atoms with Crippen LogP contribution in [0.25, 0.3) is 38.8 Å². The molecule has 2 bridgehead atoms. The molecule has 43 heavy (non-hydrogen) atoms. The van der Waals surface area contributed by atoms with E-state index in [1.165, 1.54) is 33.2 Å². The Kier molecular flexibility index (Phi) is 6.02. The first-order valence-electron chi connectivity index (χ1n) is 15.9. The SMILES string of the molecule is CCOP(=O)(CCC[C@@]1(C)CC2CC1(C)n1c3c(c4c5c(c6c7ccccc7n2c6c41)C(=O)NC5)C=CC=CC3)OCC. The normalized spacial score (nSPS) is 25.6. The Labute approximate surface area is 252 Å². The number of hydrogen-bond donors (Lipinski definition) is 1. The number of hydrogen-bond acceptors (Lipinski definition) is 4. The van der Waals surface area contributed by atoms with Crippen LogP contribution in [0.4, 0.5) is 0 Å². The van der Waals surface area contributed by atoms with Crippen LogP contribution in [0.2, 0.25) is 0 Å². The molecule has 1 N–H and O–H groups in total. The number of fused-ring (bicyclic) bond motifs is 13. The number of para-hydroxylation sites is 1. The zero-order chi connectivity index (χ0) is 29.7. The van der Waals surface area contributed by atoms with E-state index in [-0.39, 0.29) is 22.9 Å². The highest BCUT2D eigenvalue weighted by molar-refractivity contribution is 7.53. The number of benzene rings is 2. The third-order valence-electron chi connectivity index (χ3n) is 11.1. The van der Waals surface area contributed by atoms with E-state index in [4.69, 9.17) is 9.05 Å². The molecule has 2 aromatic heterocycles. The molecule has 1 fully saturated rings. The average molecular weight is 598 g/mol. The number of aromatic nitrogens is 2. The fourth-order valence-electron chi connectivity index (χ4n) is 9.25. The van der Waals surface area contributed by atoms with Crippen molar-refractivity contribution in [1.29, 1.82) is 0 Å². The maximum atomic E-state index is 13.5. The van der Waals surface area contributed by atoms with E-state index in [2.05, 4.69) is 76.9 Å². The van der Waals surface area contributed by atoms with Crippen molar-refractivity contribution in [2.75, 3.05) is 19.4 Å². The summed E-state index contributed by atoms with van der Waals surface area (Å²) in [5.74, 6) is 0.0375. The van der Waals surface area contributed by atoms with E-state index in [1.54, 1.807) is 0 Å². The molecular weight excluding hydrogens is 557 g/mol. The Morgan fingerprint density at radius 1 is 1.05 bits per heavy atom. The minimum Gasteiger partial charge on any atom is -0.348 e. The van der Waals surface area contributed by atoms with Gasteiger partial charge in [0.2, 0.25) is 0 Å². The second-order valence-corrected chi connectivity index (χ2v) is 15.4. The average Bonchev–Trinajstić information content (AvgIpc) is 3.60. The van der Waals surface area contributed by atoms with Gasteiger partial charge in [0, 0.05) is 57.5 Å². The molecule has 2 aliphatic heterocycles. The van der Waals surface area contributed by atoms with Crippen molar-refractivity contribution < 1.29 is 18.4 Å². The minimum absolute atomic E-state index is 0.0375. The van der Waals surface area contributed by atoms with Gasteiger partial charge in [-0.15, -0.1) is 0 Å². The lowest BCUT2D eigenvalue weighted by atomic mass is 9.71. The molecule has 8 rings (SSSR count). The van der Waals surface area contributed by atoms with Crippen LogP contribution in [-0.4, -0.2) is 34.4 Å². The van der Waals surface area contributed by atoms with Gasteiger partial charge < -0.3 is 23.5 Å². The lowest BCUT2D eigenvalue weighted by molar-refractivity contribution is 0.0967. The number of allylic oxidation sites excluding steroid dienone is 3. The predicted octanol–water partition coefficient (Wildman–Crippen LogP) is 8.23. The summed E-state index contributed by atoms with van der Waals surface area (Å²) in [6.45, 7) is 10.0. The zero-order valence-electron chi connectivity index (χ0n) is 25.5. The van der Waals surface area contributed by atoms with Crippen molar-refractivity contribution in [3.05, 3.63) is 64.9 Å². The lowest BCUT2D eigenvalue weighted by Gasteiger charge is -2.44. The lowest BCUT2D eigenvalue weighted by Crippen LogP contribution is -2.43. The fraction of sp³-hybridized carbons (Fsp3) is 0.457. The summed E-state index contributed by atoms with van der Waals surface area (Å²) in [5, 5.41) is 6.69. The van der Waals surface area contributed by atoms with E-state index in [0.29, 0.717) is 25.9 Å². The summed E-state index contributed by atoms with van der Waals surface area (Å²) in [6, 6.07) is 8.93. The van der Waals surface area contributed by atoms with Crippen molar-refractivity contribution in [2.24, 2.45) is 5.41 Å². The van der Waals surface area contributed by atoms with Crippen LogP contribution in [0, 0.1) is 5.41 Å². The number of nitrogens with zero attached hydrogens (tertiary/aromatic N) is 2. The molecule has 2 aromatic carbocycles. The maximum absolute atomic E-state index is 13.5. The van der Waals surface area contributed by atoms with Crippen molar-refractivity contribution in [3.63, 3.8) is 0 Å². The quantitative estimate of drug-likeness (QED) is 0.208. The van der Waals surface area contributed by atoms with Gasteiger partial charge in [0.05, 0.1) is 36.0 Å². The van der Waals surface area contributed by atoms with Gasteiger partial charge in [-0.25, -0.2) is 0 Å². The Bertz CT molecular complexity index is 1950. The van der Waals surface area contributed by atoms with Crippen LogP contribution in [0.3, 0.4) is 0 Å². The predicted molar refractivity (Wildman–Crippen MR) is 173 cm³/mol. The maximum Gasteiger partial charge on any atom is 0.330 e. The van der Waals surface area contributed by atoms with Gasteiger partial charge in [-0.05, 0) is 63.5 Å². The Morgan fingerprint density at radius 2 is 1.84 bits per heavy atom. The second-order valence-electron chi connectivity index (χ2n) is 13.2. The van der Waals surface area contributed by atoms with Gasteiger partial charge in [0.15, 0.2) is 0 Å². The molecule has 2 unspecified atom stereocenters. The van der Waals surface area contributed by atoms with Crippen molar-refractivity contribution in [2.45, 2.75) is 77.9 Å². The molecule has 0 spiro atoms. The van der Waals surface area contributed by atoms with E-state index in [1.807, 2.05) is 13.8 Å². The highest BCUT2D eigenvalue weighted by Crippen LogP contribution is 2.64. The van der Waals surface area contributed by atoms with Crippen molar-refractivity contribution in [1.82, 2.24) is 14.5 Å². The molecule has 4 aromatic rings. The molecule has 8 heteroatoms. The topological polar surface area (TPSA) is 74.5 Å². The molecule has 0 radical (unpaired) electrons. The molecule has 4 aliphatic rings. The standard InChI is InChI=1S/C35H40N3O4P/c1-5-41-43(40,42-6-2)18-12-17-34(3)19-22-20-35(34,4)38-27-16-9-7-8-13-24(27)28-25-21-36-33(39)30(25)29-23-14-10-11-15-26(23)37(22)31(29)32(28)38/h7-11,13-15,22H,5-6,12,16-21H2,1-4H3,(H,36,39)/t22?,34-,35?/m0/s1. The van der Waals surface area contributed by atoms with Gasteiger partial charge in [-0.3, -0.25) is 9.36 Å². The second kappa shape index (κ2) is 9.44. The molecule has 0 saturated heterocycles. The zero-order valence-corrected chi connectivity index (χ0v) is 26.4. The molecule has 1 amide bonds. The highest BCUT2D eigenvalue weighted by Gasteiger charge is 2.57. The molecule has 4 heterocycles. The number of carbonyl (C=O) groups is 1. The van der Waals surface area contributed by atoms with Gasteiger partial charge >= 0.3 is 7.60 Å². The van der Waals surface area contributed by atoms with E-state index in [9.17, 15) is 9.36 Å². The van der Waals surface area contributed by atoms with E-state index in [0.717, 1.165) is 54.0 Å². The van der Waals surface area contributed by atoms with Crippen LogP contribution in [0.1, 0.15) is 86.6 Å². The van der Waals surface area contributed by atoms with Gasteiger partial charge in [-0.1, -0.05) is 49.4 Å². The van der Waals surface area contributed by atoms with Crippen LogP contribution in [0.15, 0.2) is 42.5 Å². The number of carbonyl (C=O) groups excluding carboxylic acids is 1. The summed E-state index contributed by atoms with van der Waals surface area (Å²) in [4.78, 5) is 13.5. The largest absolute Gasteiger partial charge is 0.348 e. The highest BCUT2D eigenvalue weighted by atomic mass is 31.2. The van der Waals surface area contributed by atoms with E-state index < -0.39 is 7.60 Å². The molecular formula is C35H40N3O4P. The van der Waals surface area contributed by atoms with Crippen LogP contribution < -0.4 is 5.32 Å². The summed E-state index contributed by atoms with van der Waals surface area (Å²) in [6.07, 6.45) is 13.8. The molecule has 2 aliphatic carbocycles. The van der Waals surface area contributed by atoms with Crippen molar-refractivity contribution >= 4 is 52.3 Å². The first kappa shape index (κ1) is 27.4. The monoisotopic (exact) mass is 597 g/mol. The van der Waals surface area contributed by atoms with Gasteiger partial charge in [0.1, 0.15) is 0 Å².